The van der Waals surface area contributed by atoms with Crippen LogP contribution in [0.25, 0.3) is 0 Å². The highest BCUT2D eigenvalue weighted by Crippen LogP contribution is 2.12. The molecule has 1 aliphatic heterocycles. The van der Waals surface area contributed by atoms with Gasteiger partial charge < -0.3 is 21.2 Å². The third-order valence-electron chi connectivity index (χ3n) is 3.47. The molecule has 0 radical (unpaired) electrons. The van der Waals surface area contributed by atoms with Crippen LogP contribution in [0.5, 0.6) is 0 Å². The molecule has 21 heavy (non-hydrogen) atoms. The van der Waals surface area contributed by atoms with E-state index in [0.29, 0.717) is 17.4 Å². The third-order valence-corrected chi connectivity index (χ3v) is 4.14. The Morgan fingerprint density at radius 2 is 2.24 bits per heavy atom. The molecule has 0 aliphatic carbocycles. The first kappa shape index (κ1) is 15.7. The van der Waals surface area contributed by atoms with Crippen LogP contribution in [0.4, 0.5) is 5.13 Å². The summed E-state index contributed by atoms with van der Waals surface area (Å²) in [5.41, 5.74) is 5.71. The van der Waals surface area contributed by atoms with Gasteiger partial charge in [-0.3, -0.25) is 4.79 Å². The molecule has 0 spiro atoms. The van der Waals surface area contributed by atoms with Crippen LogP contribution in [-0.4, -0.2) is 52.9 Å². The van der Waals surface area contributed by atoms with Crippen LogP contribution < -0.4 is 11.1 Å². The van der Waals surface area contributed by atoms with Crippen molar-refractivity contribution in [1.29, 1.82) is 0 Å². The average molecular weight is 311 g/mol. The van der Waals surface area contributed by atoms with E-state index in [2.05, 4.69) is 20.4 Å². The SMILES string of the molecule is Nc1nc(C(=NO)C(=O)NCCCN2CCCCC2)cs1. The number of oxime groups is 1. The number of anilines is 1. The fourth-order valence-electron chi connectivity index (χ4n) is 2.38. The van der Waals surface area contributed by atoms with Gasteiger partial charge in [0.2, 0.25) is 0 Å². The zero-order valence-corrected chi connectivity index (χ0v) is 12.7. The molecule has 2 rings (SSSR count). The number of hydrogen-bond acceptors (Lipinski definition) is 7. The predicted molar refractivity (Wildman–Crippen MR) is 82.8 cm³/mol. The van der Waals surface area contributed by atoms with Crippen LogP contribution in [0, 0.1) is 0 Å². The second-order valence-electron chi connectivity index (χ2n) is 5.03. The van der Waals surface area contributed by atoms with E-state index in [1.807, 2.05) is 0 Å². The number of thiazole rings is 1. The van der Waals surface area contributed by atoms with E-state index < -0.39 is 5.91 Å². The van der Waals surface area contributed by atoms with Crippen molar-refractivity contribution in [3.63, 3.8) is 0 Å². The second-order valence-corrected chi connectivity index (χ2v) is 5.92. The zero-order valence-electron chi connectivity index (χ0n) is 11.9. The van der Waals surface area contributed by atoms with E-state index in [4.69, 9.17) is 10.9 Å². The summed E-state index contributed by atoms with van der Waals surface area (Å²) >= 11 is 1.20. The summed E-state index contributed by atoms with van der Waals surface area (Å²) in [5, 5.41) is 16.7. The Bertz CT molecular complexity index is 497. The average Bonchev–Trinajstić information content (AvgIpc) is 2.92. The summed E-state index contributed by atoms with van der Waals surface area (Å²) in [7, 11) is 0. The Hall–Kier alpha value is -1.67. The van der Waals surface area contributed by atoms with Gasteiger partial charge in [-0.2, -0.15) is 0 Å². The number of amides is 1. The van der Waals surface area contributed by atoms with E-state index in [0.717, 1.165) is 26.1 Å². The number of carbonyl (C=O) groups is 1. The summed E-state index contributed by atoms with van der Waals surface area (Å²) in [6.45, 7) is 3.83. The third kappa shape index (κ3) is 4.68. The maximum Gasteiger partial charge on any atom is 0.275 e. The predicted octanol–water partition coefficient (Wildman–Crippen LogP) is 0.896. The molecule has 2 heterocycles. The smallest absolute Gasteiger partial charge is 0.275 e. The Labute approximate surface area is 127 Å². The topological polar surface area (TPSA) is 104 Å². The van der Waals surface area contributed by atoms with E-state index >= 15 is 0 Å². The second kappa shape index (κ2) is 7.94. The Morgan fingerprint density at radius 1 is 1.48 bits per heavy atom. The van der Waals surface area contributed by atoms with Crippen molar-refractivity contribution >= 4 is 28.1 Å². The molecule has 0 saturated carbocycles. The molecule has 7 nitrogen and oxygen atoms in total. The highest BCUT2D eigenvalue weighted by Gasteiger charge is 2.17. The lowest BCUT2D eigenvalue weighted by atomic mass is 10.1. The van der Waals surface area contributed by atoms with Crippen molar-refractivity contribution in [2.75, 3.05) is 31.9 Å². The van der Waals surface area contributed by atoms with Crippen molar-refractivity contribution in [3.8, 4) is 0 Å². The van der Waals surface area contributed by atoms with Gasteiger partial charge in [-0.1, -0.05) is 11.6 Å². The number of aromatic nitrogens is 1. The van der Waals surface area contributed by atoms with Gasteiger partial charge >= 0.3 is 0 Å². The Kier molecular flexibility index (Phi) is 5.94. The Morgan fingerprint density at radius 3 is 2.86 bits per heavy atom. The summed E-state index contributed by atoms with van der Waals surface area (Å²) in [5.74, 6) is -0.429. The van der Waals surface area contributed by atoms with Gasteiger partial charge in [0.15, 0.2) is 10.8 Å². The van der Waals surface area contributed by atoms with Crippen LogP contribution in [0.2, 0.25) is 0 Å². The number of rotatable bonds is 6. The molecule has 0 bridgehead atoms. The van der Waals surface area contributed by atoms with Gasteiger partial charge in [-0.15, -0.1) is 11.3 Å². The van der Waals surface area contributed by atoms with Crippen molar-refractivity contribution in [2.24, 2.45) is 5.16 Å². The number of nitrogens with zero attached hydrogens (tertiary/aromatic N) is 3. The number of nitrogens with two attached hydrogens (primary N) is 1. The fourth-order valence-corrected chi connectivity index (χ4v) is 2.93. The van der Waals surface area contributed by atoms with E-state index in [1.165, 1.54) is 30.6 Å². The summed E-state index contributed by atoms with van der Waals surface area (Å²) in [6, 6.07) is 0. The standard InChI is InChI=1S/C13H21N5O2S/c14-13-16-10(9-21-13)11(17-20)12(19)15-5-4-8-18-6-2-1-3-7-18/h9,20H,1-8H2,(H2,14,16)(H,15,19). The summed E-state index contributed by atoms with van der Waals surface area (Å²) in [6.07, 6.45) is 4.72. The lowest BCUT2D eigenvalue weighted by Crippen LogP contribution is -2.36. The normalized spacial score (nSPS) is 16.9. The monoisotopic (exact) mass is 311 g/mol. The Balaban J connectivity index is 1.73. The van der Waals surface area contributed by atoms with Crippen LogP contribution in [-0.2, 0) is 4.79 Å². The van der Waals surface area contributed by atoms with Crippen LogP contribution in [0.1, 0.15) is 31.4 Å². The van der Waals surface area contributed by atoms with Crippen molar-refractivity contribution < 1.29 is 10.0 Å². The molecule has 1 aromatic rings. The van der Waals surface area contributed by atoms with Gasteiger partial charge in [-0.25, -0.2) is 4.98 Å². The van der Waals surface area contributed by atoms with Gasteiger partial charge in [0.1, 0.15) is 5.69 Å². The molecule has 1 saturated heterocycles. The molecule has 0 atom stereocenters. The first-order valence-electron chi connectivity index (χ1n) is 7.14. The highest BCUT2D eigenvalue weighted by atomic mass is 32.1. The van der Waals surface area contributed by atoms with Crippen LogP contribution in [0.15, 0.2) is 10.5 Å². The molecule has 1 aromatic heterocycles. The number of carbonyl (C=O) groups excluding carboxylic acids is 1. The molecule has 0 unspecified atom stereocenters. The van der Waals surface area contributed by atoms with Crippen LogP contribution in [0.3, 0.4) is 0 Å². The van der Waals surface area contributed by atoms with E-state index in [1.54, 1.807) is 5.38 Å². The largest absolute Gasteiger partial charge is 0.410 e. The maximum absolute atomic E-state index is 11.9. The minimum Gasteiger partial charge on any atom is -0.410 e. The molecular weight excluding hydrogens is 290 g/mol. The quantitative estimate of drug-likeness (QED) is 0.313. The fraction of sp³-hybridized carbons (Fsp3) is 0.615. The van der Waals surface area contributed by atoms with E-state index in [9.17, 15) is 4.79 Å². The van der Waals surface area contributed by atoms with Gasteiger partial charge in [0.25, 0.3) is 5.91 Å². The molecule has 0 aromatic carbocycles. The number of nitrogens with one attached hydrogen (secondary N) is 1. The number of nitrogen functional groups attached to an aromatic ring is 1. The number of piperidine rings is 1. The zero-order chi connectivity index (χ0) is 15.1. The van der Waals surface area contributed by atoms with Crippen molar-refractivity contribution in [1.82, 2.24) is 15.2 Å². The van der Waals surface area contributed by atoms with Crippen LogP contribution >= 0.6 is 11.3 Å². The maximum atomic E-state index is 11.9. The van der Waals surface area contributed by atoms with Crippen molar-refractivity contribution in [2.45, 2.75) is 25.7 Å². The van der Waals surface area contributed by atoms with Crippen molar-refractivity contribution in [3.05, 3.63) is 11.1 Å². The molecule has 1 aliphatic rings. The first-order chi connectivity index (χ1) is 10.2. The lowest BCUT2D eigenvalue weighted by Gasteiger charge is -2.26. The van der Waals surface area contributed by atoms with E-state index in [-0.39, 0.29) is 5.71 Å². The number of hydrogen-bond donors (Lipinski definition) is 3. The lowest BCUT2D eigenvalue weighted by molar-refractivity contribution is -0.114. The minimum absolute atomic E-state index is 0.0964. The highest BCUT2D eigenvalue weighted by molar-refractivity contribution is 7.13. The molecule has 4 N–H and O–H groups in total. The molecule has 1 amide bonds. The molecule has 116 valence electrons. The summed E-state index contributed by atoms with van der Waals surface area (Å²) < 4.78 is 0. The molecular formula is C13H21N5O2S. The molecule has 1 fully saturated rings. The van der Waals surface area contributed by atoms with Gasteiger partial charge in [0.05, 0.1) is 0 Å². The van der Waals surface area contributed by atoms with Gasteiger partial charge in [-0.05, 0) is 38.9 Å². The summed E-state index contributed by atoms with van der Waals surface area (Å²) in [4.78, 5) is 18.3. The minimum atomic E-state index is -0.429. The van der Waals surface area contributed by atoms with Gasteiger partial charge in [0, 0.05) is 11.9 Å². The molecule has 8 heteroatoms. The number of likely N-dealkylation sites (tertiary alicyclic amines) is 1. The first-order valence-corrected chi connectivity index (χ1v) is 8.02.